The van der Waals surface area contributed by atoms with E-state index in [0.717, 1.165) is 0 Å². The molecule has 56 valence electrons. The van der Waals surface area contributed by atoms with Crippen LogP contribution in [-0.2, 0) is 0 Å². The monoisotopic (exact) mass is 184 g/mol. The van der Waals surface area contributed by atoms with Crippen molar-refractivity contribution >= 4 is 39.1 Å². The van der Waals surface area contributed by atoms with Crippen LogP contribution >= 0.6 is 39.1 Å². The van der Waals surface area contributed by atoms with Gasteiger partial charge in [-0.1, -0.05) is 25.6 Å². The van der Waals surface area contributed by atoms with Crippen molar-refractivity contribution in [3.63, 3.8) is 0 Å². The van der Waals surface area contributed by atoms with Crippen LogP contribution in [0.3, 0.4) is 0 Å². The Morgan fingerprint density at radius 1 is 0.778 bits per heavy atom. The molecule has 9 heavy (non-hydrogen) atoms. The van der Waals surface area contributed by atoms with Crippen molar-refractivity contribution in [2.45, 2.75) is 0 Å². The average Bonchev–Trinajstić information content (AvgIpc) is 2.47. The highest BCUT2D eigenvalue weighted by Gasteiger charge is 2.09. The first-order valence-electron chi connectivity index (χ1n) is 2.66. The van der Waals surface area contributed by atoms with E-state index in [1.54, 1.807) is 0 Å². The Hall–Kier alpha value is 0.970. The second-order valence-electron chi connectivity index (χ2n) is 1.91. The molecule has 2 aliphatic rings. The van der Waals surface area contributed by atoms with Gasteiger partial charge < -0.3 is 0 Å². The summed E-state index contributed by atoms with van der Waals surface area (Å²) in [5, 5.41) is 0. The summed E-state index contributed by atoms with van der Waals surface area (Å²) in [5.41, 5.74) is 0. The summed E-state index contributed by atoms with van der Waals surface area (Å²) in [6.07, 6.45) is 0. The Kier molecular flexibility index (Phi) is 5.25. The Bertz CT molecular complexity index is 62.2. The largest absolute Gasteiger partial charge is 0.251 e. The molecule has 0 saturated carbocycles. The molecule has 2 aliphatic heterocycles. The average molecular weight is 184 g/mol. The molecule has 2 saturated heterocycles. The Morgan fingerprint density at radius 2 is 0.889 bits per heavy atom. The lowest BCUT2D eigenvalue weighted by molar-refractivity contribution is 0.970. The topological polar surface area (TPSA) is 6.02 Å². The zero-order valence-electron chi connectivity index (χ0n) is 5.12. The molecule has 0 atom stereocenters. The fraction of sp³-hybridized carbons (Fsp3) is 1.00. The van der Waals surface area contributed by atoms with Crippen LogP contribution in [0.2, 0.25) is 0 Å². The molecule has 0 spiro atoms. The van der Waals surface area contributed by atoms with Crippen molar-refractivity contribution in [3.8, 4) is 0 Å². The highest BCUT2D eigenvalue weighted by Crippen LogP contribution is 2.03. The molecule has 2 fully saturated rings. The number of nitrogens with zero attached hydrogens (tertiary/aromatic N) is 2. The van der Waals surface area contributed by atoms with Gasteiger partial charge in [0, 0.05) is 26.2 Å². The zero-order chi connectivity index (χ0) is 5.98. The molecule has 0 aliphatic carbocycles. The van der Waals surface area contributed by atoms with Gasteiger partial charge in [0.25, 0.3) is 0 Å². The van der Waals surface area contributed by atoms with E-state index in [0.29, 0.717) is 0 Å². The summed E-state index contributed by atoms with van der Waals surface area (Å²) in [6, 6.07) is 0. The standard InChI is InChI=1S/2C2H5NS.H2S/c2*4-3-1-2-3;/h2*4H,1-2H2;1H2. The van der Waals surface area contributed by atoms with Gasteiger partial charge in [-0.3, -0.25) is 8.61 Å². The number of rotatable bonds is 0. The van der Waals surface area contributed by atoms with E-state index >= 15 is 0 Å². The van der Waals surface area contributed by atoms with Crippen LogP contribution in [0.1, 0.15) is 0 Å². The third kappa shape index (κ3) is 8.97. The molecule has 0 radical (unpaired) electrons. The van der Waals surface area contributed by atoms with Crippen LogP contribution in [0.25, 0.3) is 0 Å². The van der Waals surface area contributed by atoms with E-state index in [1.165, 1.54) is 26.2 Å². The van der Waals surface area contributed by atoms with Gasteiger partial charge in [0.15, 0.2) is 0 Å². The van der Waals surface area contributed by atoms with Crippen LogP contribution < -0.4 is 0 Å². The molecule has 2 nitrogen and oxygen atoms in total. The van der Waals surface area contributed by atoms with Gasteiger partial charge in [-0.05, 0) is 0 Å². The first-order chi connectivity index (χ1) is 3.79. The molecule has 0 aromatic rings. The molecule has 0 aromatic carbocycles. The maximum atomic E-state index is 3.91. The Labute approximate surface area is 74.1 Å². The summed E-state index contributed by atoms with van der Waals surface area (Å²) >= 11 is 7.82. The third-order valence-corrected chi connectivity index (χ3v) is 1.65. The van der Waals surface area contributed by atoms with Crippen molar-refractivity contribution < 1.29 is 0 Å². The van der Waals surface area contributed by atoms with Crippen molar-refractivity contribution in [3.05, 3.63) is 0 Å². The minimum Gasteiger partial charge on any atom is -0.251 e. The van der Waals surface area contributed by atoms with E-state index in [1.807, 2.05) is 8.61 Å². The first-order valence-corrected chi connectivity index (χ1v) is 3.46. The predicted molar refractivity (Wildman–Crippen MR) is 51.5 cm³/mol. The van der Waals surface area contributed by atoms with Crippen LogP contribution in [0.5, 0.6) is 0 Å². The molecule has 0 bridgehead atoms. The second-order valence-corrected chi connectivity index (χ2v) is 3.04. The smallest absolute Gasteiger partial charge is 0.0225 e. The van der Waals surface area contributed by atoms with Crippen LogP contribution in [0, 0.1) is 0 Å². The van der Waals surface area contributed by atoms with Crippen molar-refractivity contribution in [2.75, 3.05) is 26.2 Å². The summed E-state index contributed by atoms with van der Waals surface area (Å²) in [4.78, 5) is 0. The molecular formula is C4H12N2S3. The van der Waals surface area contributed by atoms with Crippen LogP contribution in [-0.4, -0.2) is 34.8 Å². The van der Waals surface area contributed by atoms with Gasteiger partial charge in [-0.15, -0.1) is 0 Å². The Morgan fingerprint density at radius 3 is 0.889 bits per heavy atom. The minimum atomic E-state index is 0. The molecule has 0 N–H and O–H groups in total. The van der Waals surface area contributed by atoms with Gasteiger partial charge in [0.2, 0.25) is 0 Å². The summed E-state index contributed by atoms with van der Waals surface area (Å²) in [5.74, 6) is 0. The minimum absolute atomic E-state index is 0. The van der Waals surface area contributed by atoms with Gasteiger partial charge in [-0.25, -0.2) is 0 Å². The quantitative estimate of drug-likeness (QED) is 0.416. The predicted octanol–water partition coefficient (Wildman–Crippen LogP) is 0.406. The second kappa shape index (κ2) is 4.73. The lowest BCUT2D eigenvalue weighted by Gasteiger charge is -1.65. The molecular weight excluding hydrogens is 172 g/mol. The van der Waals surface area contributed by atoms with E-state index in [2.05, 4.69) is 25.6 Å². The molecule has 0 aromatic heterocycles. The van der Waals surface area contributed by atoms with E-state index in [9.17, 15) is 0 Å². The van der Waals surface area contributed by atoms with E-state index < -0.39 is 0 Å². The number of hydrogen-bond donors (Lipinski definition) is 2. The van der Waals surface area contributed by atoms with Crippen molar-refractivity contribution in [1.82, 2.24) is 8.61 Å². The van der Waals surface area contributed by atoms with Crippen molar-refractivity contribution in [2.24, 2.45) is 0 Å². The van der Waals surface area contributed by atoms with Gasteiger partial charge in [0.1, 0.15) is 0 Å². The highest BCUT2D eigenvalue weighted by molar-refractivity contribution is 7.78. The SMILES string of the molecule is S.SN1CC1.SN1CC1. The van der Waals surface area contributed by atoms with E-state index in [-0.39, 0.29) is 13.5 Å². The highest BCUT2D eigenvalue weighted by atomic mass is 32.1. The molecule has 2 rings (SSSR count). The molecule has 2 heterocycles. The van der Waals surface area contributed by atoms with Crippen LogP contribution in [0.4, 0.5) is 0 Å². The summed E-state index contributed by atoms with van der Waals surface area (Å²) < 4.78 is 3.89. The molecule has 0 amide bonds. The maximum absolute atomic E-state index is 3.91. The fourth-order valence-corrected chi connectivity index (χ4v) is 0.268. The van der Waals surface area contributed by atoms with Gasteiger partial charge >= 0.3 is 0 Å². The molecule has 0 unspecified atom stereocenters. The maximum Gasteiger partial charge on any atom is 0.0225 e. The Balaban J connectivity index is 0.000000128. The lowest BCUT2D eigenvalue weighted by Crippen LogP contribution is -1.60. The third-order valence-electron chi connectivity index (χ3n) is 0.847. The number of hydrogen-bond acceptors (Lipinski definition) is 4. The normalized spacial score (nSPS) is 23.3. The summed E-state index contributed by atoms with van der Waals surface area (Å²) in [6.45, 7) is 4.73. The number of thiol groups is 2. The van der Waals surface area contributed by atoms with Crippen molar-refractivity contribution in [1.29, 1.82) is 0 Å². The zero-order valence-corrected chi connectivity index (χ0v) is 7.91. The first kappa shape index (κ1) is 9.97. The lowest BCUT2D eigenvalue weighted by atomic mass is 11.0. The fourth-order valence-electron chi connectivity index (χ4n) is 0.0894. The van der Waals surface area contributed by atoms with E-state index in [4.69, 9.17) is 0 Å². The van der Waals surface area contributed by atoms with Crippen LogP contribution in [0.15, 0.2) is 0 Å². The van der Waals surface area contributed by atoms with Gasteiger partial charge in [-0.2, -0.15) is 13.5 Å². The summed E-state index contributed by atoms with van der Waals surface area (Å²) in [7, 11) is 0. The molecule has 5 heteroatoms. The van der Waals surface area contributed by atoms with Gasteiger partial charge in [0.05, 0.1) is 0 Å².